The number of hydrogen-bond acceptors (Lipinski definition) is 9. The van der Waals surface area contributed by atoms with E-state index in [0.717, 1.165) is 12.8 Å². The van der Waals surface area contributed by atoms with E-state index >= 15 is 0 Å². The first kappa shape index (κ1) is 34.1. The number of ether oxygens (including phenoxy) is 4. The zero-order valence-electron chi connectivity index (χ0n) is 25.0. The standard InChI is InChI=1S/C30H47NO8/c1-10-12-18(3)26(32)38-24-15-14-22(17-25(24)39-27(33)19(4)13-11-2)16-23(31)28(34)36-20(5)21(6)37-29(35)30(7,8)9/h14-15,17-21,23H,10-13,16,31H2,1-9H3/t18?,19?,20-,21?,23-/m0/s1. The Hall–Kier alpha value is -2.94. The molecule has 0 amide bonds. The Kier molecular flexibility index (Phi) is 13.6. The summed E-state index contributed by atoms with van der Waals surface area (Å²) in [7, 11) is 0. The molecule has 0 aliphatic carbocycles. The number of hydrogen-bond donors (Lipinski definition) is 1. The third-order valence-electron chi connectivity index (χ3n) is 6.30. The van der Waals surface area contributed by atoms with Gasteiger partial charge in [-0.1, -0.05) is 46.6 Å². The zero-order valence-corrected chi connectivity index (χ0v) is 25.0. The van der Waals surface area contributed by atoms with E-state index in [4.69, 9.17) is 24.7 Å². The van der Waals surface area contributed by atoms with Gasteiger partial charge in [0.05, 0.1) is 17.3 Å². The Balaban J connectivity index is 3.02. The van der Waals surface area contributed by atoms with Crippen molar-refractivity contribution in [2.24, 2.45) is 23.0 Å². The molecule has 0 heterocycles. The second-order valence-corrected chi connectivity index (χ2v) is 11.3. The maximum Gasteiger partial charge on any atom is 0.323 e. The van der Waals surface area contributed by atoms with Gasteiger partial charge >= 0.3 is 23.9 Å². The topological polar surface area (TPSA) is 131 Å². The highest BCUT2D eigenvalue weighted by molar-refractivity contribution is 5.79. The van der Waals surface area contributed by atoms with Crippen molar-refractivity contribution in [1.82, 2.24) is 0 Å². The van der Waals surface area contributed by atoms with Crippen LogP contribution in [0.4, 0.5) is 0 Å². The molecule has 1 rings (SSSR count). The van der Waals surface area contributed by atoms with Crippen molar-refractivity contribution in [3.05, 3.63) is 23.8 Å². The van der Waals surface area contributed by atoms with Crippen LogP contribution in [0.25, 0.3) is 0 Å². The predicted octanol–water partition coefficient (Wildman–Crippen LogP) is 5.15. The van der Waals surface area contributed by atoms with Gasteiger partial charge in [0.1, 0.15) is 18.2 Å². The highest BCUT2D eigenvalue weighted by Crippen LogP contribution is 2.31. The average Bonchev–Trinajstić information content (AvgIpc) is 2.84. The molecular weight excluding hydrogens is 502 g/mol. The van der Waals surface area contributed by atoms with Crippen LogP contribution in [0.1, 0.15) is 93.6 Å². The fourth-order valence-corrected chi connectivity index (χ4v) is 3.51. The number of esters is 4. The summed E-state index contributed by atoms with van der Waals surface area (Å²) in [5.74, 6) is -2.36. The number of nitrogens with two attached hydrogens (primary N) is 1. The number of benzene rings is 1. The minimum absolute atomic E-state index is 0.0806. The largest absolute Gasteiger partial charge is 0.458 e. The van der Waals surface area contributed by atoms with Crippen LogP contribution >= 0.6 is 0 Å². The molecule has 0 saturated heterocycles. The highest BCUT2D eigenvalue weighted by Gasteiger charge is 2.29. The van der Waals surface area contributed by atoms with Crippen molar-refractivity contribution in [3.63, 3.8) is 0 Å². The van der Waals surface area contributed by atoms with E-state index in [2.05, 4.69) is 0 Å². The van der Waals surface area contributed by atoms with Gasteiger partial charge in [0, 0.05) is 0 Å². The van der Waals surface area contributed by atoms with Crippen LogP contribution in [-0.4, -0.2) is 42.1 Å². The Bertz CT molecular complexity index is 984. The van der Waals surface area contributed by atoms with E-state index in [9.17, 15) is 19.2 Å². The quantitative estimate of drug-likeness (QED) is 0.247. The van der Waals surface area contributed by atoms with Crippen LogP contribution in [0.15, 0.2) is 18.2 Å². The second-order valence-electron chi connectivity index (χ2n) is 11.3. The summed E-state index contributed by atoms with van der Waals surface area (Å²) in [5, 5.41) is 0. The molecule has 0 saturated carbocycles. The van der Waals surface area contributed by atoms with Gasteiger partial charge < -0.3 is 24.7 Å². The molecule has 1 aromatic carbocycles. The average molecular weight is 550 g/mol. The van der Waals surface area contributed by atoms with Gasteiger partial charge in [-0.05, 0) is 71.6 Å². The summed E-state index contributed by atoms with van der Waals surface area (Å²) < 4.78 is 22.0. The lowest BCUT2D eigenvalue weighted by Crippen LogP contribution is -2.40. The van der Waals surface area contributed by atoms with E-state index in [0.29, 0.717) is 18.4 Å². The van der Waals surface area contributed by atoms with Crippen LogP contribution in [0, 0.1) is 17.3 Å². The maximum absolute atomic E-state index is 12.7. The Morgan fingerprint density at radius 3 is 1.74 bits per heavy atom. The van der Waals surface area contributed by atoms with Crippen LogP contribution in [0.5, 0.6) is 11.5 Å². The smallest absolute Gasteiger partial charge is 0.323 e. The molecule has 0 aliphatic heterocycles. The first-order chi connectivity index (χ1) is 18.1. The molecule has 0 bridgehead atoms. The molecule has 0 spiro atoms. The van der Waals surface area contributed by atoms with E-state index < -0.39 is 47.5 Å². The van der Waals surface area contributed by atoms with Crippen molar-refractivity contribution < 1.29 is 38.1 Å². The molecular formula is C30H47NO8. The summed E-state index contributed by atoms with van der Waals surface area (Å²) in [4.78, 5) is 50.0. The molecule has 39 heavy (non-hydrogen) atoms. The van der Waals surface area contributed by atoms with Gasteiger partial charge in [0.2, 0.25) is 0 Å². The van der Waals surface area contributed by atoms with Crippen molar-refractivity contribution in [2.45, 2.75) is 113 Å². The molecule has 0 fully saturated rings. The van der Waals surface area contributed by atoms with Crippen LogP contribution in [-0.2, 0) is 35.1 Å². The first-order valence-corrected chi connectivity index (χ1v) is 13.8. The lowest BCUT2D eigenvalue weighted by atomic mass is 9.97. The number of carbonyl (C=O) groups excluding carboxylic acids is 4. The number of rotatable bonds is 14. The first-order valence-electron chi connectivity index (χ1n) is 13.8. The van der Waals surface area contributed by atoms with Crippen molar-refractivity contribution in [3.8, 4) is 11.5 Å². The lowest BCUT2D eigenvalue weighted by Gasteiger charge is -2.25. The fraction of sp³-hybridized carbons (Fsp3) is 0.667. The van der Waals surface area contributed by atoms with Crippen LogP contribution in [0.3, 0.4) is 0 Å². The molecule has 9 nitrogen and oxygen atoms in total. The second kappa shape index (κ2) is 15.6. The van der Waals surface area contributed by atoms with E-state index in [1.54, 1.807) is 60.6 Å². The molecule has 1 aromatic rings. The minimum atomic E-state index is -1.03. The summed E-state index contributed by atoms with van der Waals surface area (Å²) in [6, 6.07) is 3.71. The molecule has 220 valence electrons. The fourth-order valence-electron chi connectivity index (χ4n) is 3.51. The summed E-state index contributed by atoms with van der Waals surface area (Å²) >= 11 is 0. The third kappa shape index (κ3) is 11.4. The zero-order chi connectivity index (χ0) is 29.9. The van der Waals surface area contributed by atoms with Crippen molar-refractivity contribution >= 4 is 23.9 Å². The third-order valence-corrected chi connectivity index (χ3v) is 6.30. The summed E-state index contributed by atoms with van der Waals surface area (Å²) in [6.07, 6.45) is 1.68. The van der Waals surface area contributed by atoms with Crippen LogP contribution < -0.4 is 15.2 Å². The molecule has 0 aromatic heterocycles. The van der Waals surface area contributed by atoms with Gasteiger partial charge in [-0.25, -0.2) is 0 Å². The SMILES string of the molecule is CCCC(C)C(=O)Oc1ccc(C[C@H](N)C(=O)O[C@@H](C)C(C)OC(=O)C(C)(C)C)cc1OC(=O)C(C)CCC. The molecule has 3 unspecified atom stereocenters. The monoisotopic (exact) mass is 549 g/mol. The van der Waals surface area contributed by atoms with E-state index in [1.807, 2.05) is 13.8 Å². The molecule has 5 atom stereocenters. The molecule has 0 radical (unpaired) electrons. The summed E-state index contributed by atoms with van der Waals surface area (Å²) in [5.41, 5.74) is 6.03. The van der Waals surface area contributed by atoms with Gasteiger partial charge in [0.15, 0.2) is 11.5 Å². The molecule has 9 heteroatoms. The van der Waals surface area contributed by atoms with Gasteiger partial charge in [-0.2, -0.15) is 0 Å². The molecule has 0 aliphatic rings. The van der Waals surface area contributed by atoms with E-state index in [-0.39, 0.29) is 29.8 Å². The van der Waals surface area contributed by atoms with Gasteiger partial charge in [0.25, 0.3) is 0 Å². The van der Waals surface area contributed by atoms with Gasteiger partial charge in [-0.3, -0.25) is 19.2 Å². The Morgan fingerprint density at radius 1 is 0.769 bits per heavy atom. The normalized spacial score (nSPS) is 15.3. The Labute approximate surface area is 233 Å². The molecule has 2 N–H and O–H groups in total. The Morgan fingerprint density at radius 2 is 1.26 bits per heavy atom. The van der Waals surface area contributed by atoms with Crippen molar-refractivity contribution in [1.29, 1.82) is 0 Å². The van der Waals surface area contributed by atoms with E-state index in [1.165, 1.54) is 6.07 Å². The highest BCUT2D eigenvalue weighted by atomic mass is 16.6. The van der Waals surface area contributed by atoms with Crippen molar-refractivity contribution in [2.75, 3.05) is 0 Å². The summed E-state index contributed by atoms with van der Waals surface area (Å²) in [6.45, 7) is 16.0. The maximum atomic E-state index is 12.7. The minimum Gasteiger partial charge on any atom is -0.458 e. The lowest BCUT2D eigenvalue weighted by molar-refractivity contribution is -0.171. The van der Waals surface area contributed by atoms with Crippen LogP contribution in [0.2, 0.25) is 0 Å². The predicted molar refractivity (Wildman–Crippen MR) is 148 cm³/mol. The van der Waals surface area contributed by atoms with Gasteiger partial charge in [-0.15, -0.1) is 0 Å². The number of carbonyl (C=O) groups is 4.